The van der Waals surface area contributed by atoms with Gasteiger partial charge in [-0.3, -0.25) is 0 Å². The summed E-state index contributed by atoms with van der Waals surface area (Å²) in [6.07, 6.45) is 2.41. The van der Waals surface area contributed by atoms with Crippen LogP contribution in [0, 0.1) is 6.92 Å². The molecule has 0 saturated carbocycles. The van der Waals surface area contributed by atoms with Gasteiger partial charge in [0.2, 0.25) is 5.95 Å². The monoisotopic (exact) mass is 270 g/mol. The maximum absolute atomic E-state index is 11.5. The normalized spacial score (nSPS) is 21.8. The Bertz CT molecular complexity index is 544. The predicted octanol–water partition coefficient (Wildman–Crippen LogP) is 0.450. The molecule has 0 bridgehead atoms. The minimum absolute atomic E-state index is 0.00769. The van der Waals surface area contributed by atoms with Gasteiger partial charge in [0.15, 0.2) is 9.84 Å². The van der Waals surface area contributed by atoms with Crippen molar-refractivity contribution in [3.63, 3.8) is 0 Å². The van der Waals surface area contributed by atoms with Gasteiger partial charge in [0, 0.05) is 31.9 Å². The van der Waals surface area contributed by atoms with Crippen LogP contribution in [-0.4, -0.2) is 50.0 Å². The summed E-state index contributed by atoms with van der Waals surface area (Å²) in [5.41, 5.74) is 0.945. The van der Waals surface area contributed by atoms with E-state index in [1.807, 2.05) is 18.9 Å². The Labute approximate surface area is 107 Å². The van der Waals surface area contributed by atoms with E-state index in [1.165, 1.54) is 0 Å². The van der Waals surface area contributed by atoms with Crippen molar-refractivity contribution in [2.45, 2.75) is 19.4 Å². The lowest BCUT2D eigenvalue weighted by molar-refractivity contribution is 0.600. The number of aryl methyl sites for hydroxylation is 1. The highest BCUT2D eigenvalue weighted by Gasteiger charge is 2.31. The molecule has 1 aromatic heterocycles. The molecule has 6 nitrogen and oxygen atoms in total. The standard InChI is InChI=1S/C11H18N4O2S/c1-8-6-13-11(12-2)14-10(8)15(3)9-4-5-18(16,17)7-9/h6,9H,4-5,7H2,1-3H3,(H,12,13,14). The molecule has 1 aromatic rings. The van der Waals surface area contributed by atoms with Gasteiger partial charge in [-0.05, 0) is 13.3 Å². The van der Waals surface area contributed by atoms with E-state index in [0.717, 1.165) is 11.4 Å². The first-order chi connectivity index (χ1) is 8.43. The average Bonchev–Trinajstić information content (AvgIpc) is 2.69. The highest BCUT2D eigenvalue weighted by molar-refractivity contribution is 7.91. The van der Waals surface area contributed by atoms with Crippen LogP contribution in [-0.2, 0) is 9.84 Å². The van der Waals surface area contributed by atoms with Gasteiger partial charge in [-0.2, -0.15) is 4.98 Å². The topological polar surface area (TPSA) is 75.2 Å². The molecule has 0 aliphatic carbocycles. The van der Waals surface area contributed by atoms with Crippen LogP contribution in [0.1, 0.15) is 12.0 Å². The van der Waals surface area contributed by atoms with Crippen LogP contribution in [0.5, 0.6) is 0 Å². The molecular weight excluding hydrogens is 252 g/mol. The fraction of sp³-hybridized carbons (Fsp3) is 0.636. The molecule has 0 spiro atoms. The van der Waals surface area contributed by atoms with E-state index in [9.17, 15) is 8.42 Å². The number of aromatic nitrogens is 2. The summed E-state index contributed by atoms with van der Waals surface area (Å²) >= 11 is 0. The van der Waals surface area contributed by atoms with E-state index in [4.69, 9.17) is 0 Å². The lowest BCUT2D eigenvalue weighted by Crippen LogP contribution is -2.33. The number of rotatable bonds is 3. The van der Waals surface area contributed by atoms with E-state index >= 15 is 0 Å². The second-order valence-corrected chi connectivity index (χ2v) is 6.85. The second kappa shape index (κ2) is 4.72. The van der Waals surface area contributed by atoms with Gasteiger partial charge in [-0.25, -0.2) is 13.4 Å². The van der Waals surface area contributed by atoms with Crippen molar-refractivity contribution in [3.8, 4) is 0 Å². The number of anilines is 2. The van der Waals surface area contributed by atoms with Gasteiger partial charge in [0.25, 0.3) is 0 Å². The minimum Gasteiger partial charge on any atom is -0.357 e. The lowest BCUT2D eigenvalue weighted by atomic mass is 10.2. The molecule has 1 fully saturated rings. The summed E-state index contributed by atoms with van der Waals surface area (Å²) in [4.78, 5) is 10.5. The Hall–Kier alpha value is -1.37. The van der Waals surface area contributed by atoms with Crippen LogP contribution < -0.4 is 10.2 Å². The fourth-order valence-corrected chi connectivity index (χ4v) is 3.94. The molecule has 0 aromatic carbocycles. The SMILES string of the molecule is CNc1ncc(C)c(N(C)C2CCS(=O)(=O)C2)n1. The van der Waals surface area contributed by atoms with Gasteiger partial charge in [-0.15, -0.1) is 0 Å². The molecule has 0 amide bonds. The summed E-state index contributed by atoms with van der Waals surface area (Å²) in [5, 5.41) is 2.89. The first-order valence-corrected chi connectivity index (χ1v) is 7.70. The summed E-state index contributed by atoms with van der Waals surface area (Å²) in [7, 11) is 0.770. The van der Waals surface area contributed by atoms with E-state index in [-0.39, 0.29) is 17.5 Å². The average molecular weight is 270 g/mol. The molecule has 1 saturated heterocycles. The Kier molecular flexibility index (Phi) is 3.43. The number of sulfone groups is 1. The smallest absolute Gasteiger partial charge is 0.224 e. The summed E-state index contributed by atoms with van der Waals surface area (Å²) in [5.74, 6) is 1.81. The van der Waals surface area contributed by atoms with Crippen molar-refractivity contribution in [2.24, 2.45) is 0 Å². The van der Waals surface area contributed by atoms with E-state index in [0.29, 0.717) is 12.4 Å². The summed E-state index contributed by atoms with van der Waals surface area (Å²) in [6, 6.07) is 0.00769. The molecule has 2 heterocycles. The van der Waals surface area contributed by atoms with Gasteiger partial charge in [0.1, 0.15) is 5.82 Å². The van der Waals surface area contributed by atoms with Gasteiger partial charge in [-0.1, -0.05) is 0 Å². The number of hydrogen-bond acceptors (Lipinski definition) is 6. The van der Waals surface area contributed by atoms with Crippen LogP contribution >= 0.6 is 0 Å². The third-order valence-electron chi connectivity index (χ3n) is 3.26. The van der Waals surface area contributed by atoms with Crippen LogP contribution in [0.3, 0.4) is 0 Å². The van der Waals surface area contributed by atoms with Crippen LogP contribution in [0.4, 0.5) is 11.8 Å². The minimum atomic E-state index is -2.88. The first-order valence-electron chi connectivity index (χ1n) is 5.87. The molecule has 2 rings (SSSR count). The maximum Gasteiger partial charge on any atom is 0.224 e. The molecule has 1 aliphatic rings. The van der Waals surface area contributed by atoms with E-state index in [1.54, 1.807) is 13.2 Å². The molecule has 18 heavy (non-hydrogen) atoms. The fourth-order valence-electron chi connectivity index (χ4n) is 2.16. The Morgan fingerprint density at radius 3 is 2.78 bits per heavy atom. The summed E-state index contributed by atoms with van der Waals surface area (Å²) in [6.45, 7) is 1.93. The zero-order chi connectivity index (χ0) is 13.3. The third-order valence-corrected chi connectivity index (χ3v) is 5.01. The van der Waals surface area contributed by atoms with Crippen molar-refractivity contribution >= 4 is 21.6 Å². The maximum atomic E-state index is 11.5. The zero-order valence-electron chi connectivity index (χ0n) is 10.8. The van der Waals surface area contributed by atoms with Gasteiger partial charge < -0.3 is 10.2 Å². The van der Waals surface area contributed by atoms with Gasteiger partial charge in [0.05, 0.1) is 11.5 Å². The van der Waals surface area contributed by atoms with E-state index < -0.39 is 9.84 Å². The Balaban J connectivity index is 2.26. The number of nitrogens with one attached hydrogen (secondary N) is 1. The van der Waals surface area contributed by atoms with Crippen LogP contribution in [0.25, 0.3) is 0 Å². The second-order valence-electron chi connectivity index (χ2n) is 4.62. The van der Waals surface area contributed by atoms with Crippen LogP contribution in [0.2, 0.25) is 0 Å². The molecule has 1 unspecified atom stereocenters. The number of hydrogen-bond donors (Lipinski definition) is 1. The first kappa shape index (κ1) is 13.1. The van der Waals surface area contributed by atoms with Crippen molar-refractivity contribution in [1.82, 2.24) is 9.97 Å². The Morgan fingerprint density at radius 1 is 1.50 bits per heavy atom. The largest absolute Gasteiger partial charge is 0.357 e. The zero-order valence-corrected chi connectivity index (χ0v) is 11.7. The highest BCUT2D eigenvalue weighted by atomic mass is 32.2. The molecule has 1 aliphatic heterocycles. The van der Waals surface area contributed by atoms with E-state index in [2.05, 4.69) is 15.3 Å². The molecule has 7 heteroatoms. The quantitative estimate of drug-likeness (QED) is 0.859. The van der Waals surface area contributed by atoms with Crippen LogP contribution in [0.15, 0.2) is 6.20 Å². The molecule has 1 N–H and O–H groups in total. The van der Waals surface area contributed by atoms with Crippen molar-refractivity contribution < 1.29 is 8.42 Å². The molecule has 0 radical (unpaired) electrons. The molecular formula is C11H18N4O2S. The van der Waals surface area contributed by atoms with Crippen molar-refractivity contribution in [2.75, 3.05) is 35.8 Å². The molecule has 100 valence electrons. The third kappa shape index (κ3) is 2.55. The van der Waals surface area contributed by atoms with Gasteiger partial charge >= 0.3 is 0 Å². The molecule has 1 atom stereocenters. The highest BCUT2D eigenvalue weighted by Crippen LogP contribution is 2.24. The summed E-state index contributed by atoms with van der Waals surface area (Å²) < 4.78 is 23.0. The Morgan fingerprint density at radius 2 is 2.22 bits per heavy atom. The number of nitrogens with zero attached hydrogens (tertiary/aromatic N) is 3. The lowest BCUT2D eigenvalue weighted by Gasteiger charge is -2.26. The van der Waals surface area contributed by atoms with Crippen molar-refractivity contribution in [3.05, 3.63) is 11.8 Å². The predicted molar refractivity (Wildman–Crippen MR) is 71.8 cm³/mol. The van der Waals surface area contributed by atoms with Crippen molar-refractivity contribution in [1.29, 1.82) is 0 Å².